The van der Waals surface area contributed by atoms with Crippen molar-refractivity contribution in [3.63, 3.8) is 0 Å². The Kier molecular flexibility index (Phi) is 11.4. The molecule has 1 N–H and O–H groups in total. The third-order valence-electron chi connectivity index (χ3n) is 5.63. The van der Waals surface area contributed by atoms with Crippen LogP contribution < -0.4 is 5.32 Å². The van der Waals surface area contributed by atoms with Crippen LogP contribution in [0.25, 0.3) is 0 Å². The Bertz CT molecular complexity index is 761. The molecule has 0 saturated heterocycles. The molecular formula is C27H37NO3. The van der Waals surface area contributed by atoms with Crippen LogP contribution in [0.4, 0.5) is 0 Å². The quantitative estimate of drug-likeness (QED) is 0.301. The fraction of sp³-hybridized carbons (Fsp3) is 0.481. The van der Waals surface area contributed by atoms with Crippen LogP contribution in [0.15, 0.2) is 60.7 Å². The van der Waals surface area contributed by atoms with E-state index in [9.17, 15) is 9.59 Å². The van der Waals surface area contributed by atoms with Crippen molar-refractivity contribution in [3.05, 3.63) is 71.8 Å². The van der Waals surface area contributed by atoms with E-state index in [4.69, 9.17) is 4.74 Å². The summed E-state index contributed by atoms with van der Waals surface area (Å²) in [6, 6.07) is 18.9. The van der Waals surface area contributed by atoms with Crippen LogP contribution in [0, 0.1) is 5.92 Å². The molecular weight excluding hydrogens is 386 g/mol. The van der Waals surface area contributed by atoms with E-state index in [1.54, 1.807) is 12.1 Å². The van der Waals surface area contributed by atoms with Gasteiger partial charge in [-0.05, 0) is 43.9 Å². The molecule has 2 aromatic rings. The van der Waals surface area contributed by atoms with Gasteiger partial charge >= 0.3 is 5.97 Å². The highest BCUT2D eigenvalue weighted by molar-refractivity contribution is 5.94. The second kappa shape index (κ2) is 14.4. The molecule has 0 radical (unpaired) electrons. The number of benzene rings is 2. The SMILES string of the molecule is CCCCCCCCOC(=O)C(CCc1ccccc1)C(C)NC(=O)c1ccccc1. The molecule has 2 aromatic carbocycles. The molecule has 2 rings (SSSR count). The largest absolute Gasteiger partial charge is 0.465 e. The standard InChI is InChI=1S/C27H37NO3/c1-3-4-5-6-7-14-21-31-27(30)25(20-19-23-15-10-8-11-16-23)22(2)28-26(29)24-17-12-9-13-18-24/h8-13,15-18,22,25H,3-7,14,19-21H2,1-2H3,(H,28,29). The zero-order chi connectivity index (χ0) is 22.3. The van der Waals surface area contributed by atoms with E-state index in [0.29, 0.717) is 18.6 Å². The molecule has 168 valence electrons. The van der Waals surface area contributed by atoms with Gasteiger partial charge in [-0.1, -0.05) is 87.6 Å². The van der Waals surface area contributed by atoms with Crippen LogP contribution in [-0.2, 0) is 16.0 Å². The molecule has 2 unspecified atom stereocenters. The van der Waals surface area contributed by atoms with E-state index < -0.39 is 0 Å². The van der Waals surface area contributed by atoms with Crippen LogP contribution in [-0.4, -0.2) is 24.5 Å². The number of esters is 1. The molecule has 0 aromatic heterocycles. The molecule has 4 nitrogen and oxygen atoms in total. The molecule has 0 saturated carbocycles. The summed E-state index contributed by atoms with van der Waals surface area (Å²) in [4.78, 5) is 25.5. The summed E-state index contributed by atoms with van der Waals surface area (Å²) in [5, 5.41) is 3.00. The molecule has 2 atom stereocenters. The number of carbonyl (C=O) groups is 2. The zero-order valence-corrected chi connectivity index (χ0v) is 19.0. The number of carbonyl (C=O) groups excluding carboxylic acids is 2. The predicted octanol–water partition coefficient (Wildman–Crippen LogP) is 5.96. The minimum absolute atomic E-state index is 0.165. The summed E-state index contributed by atoms with van der Waals surface area (Å²) in [5.74, 6) is -0.764. The van der Waals surface area contributed by atoms with Gasteiger partial charge in [0.05, 0.1) is 12.5 Å². The van der Waals surface area contributed by atoms with Crippen molar-refractivity contribution in [1.29, 1.82) is 0 Å². The lowest BCUT2D eigenvalue weighted by Crippen LogP contribution is -2.42. The van der Waals surface area contributed by atoms with E-state index in [1.807, 2.05) is 43.3 Å². The Balaban J connectivity index is 1.91. The Morgan fingerprint density at radius 2 is 1.48 bits per heavy atom. The summed E-state index contributed by atoms with van der Waals surface area (Å²) in [5.41, 5.74) is 1.77. The Morgan fingerprint density at radius 3 is 2.16 bits per heavy atom. The Morgan fingerprint density at radius 1 is 0.871 bits per heavy atom. The average molecular weight is 424 g/mol. The minimum atomic E-state index is -0.382. The van der Waals surface area contributed by atoms with Crippen molar-refractivity contribution in [2.24, 2.45) is 5.92 Å². The number of hydrogen-bond acceptors (Lipinski definition) is 3. The number of nitrogens with one attached hydrogen (secondary N) is 1. The van der Waals surface area contributed by atoms with Crippen molar-refractivity contribution in [3.8, 4) is 0 Å². The van der Waals surface area contributed by atoms with E-state index in [2.05, 4.69) is 24.4 Å². The van der Waals surface area contributed by atoms with Crippen LogP contribution in [0.1, 0.15) is 74.7 Å². The molecule has 4 heteroatoms. The number of unbranched alkanes of at least 4 members (excludes halogenated alkanes) is 5. The Hall–Kier alpha value is -2.62. The van der Waals surface area contributed by atoms with Crippen molar-refractivity contribution >= 4 is 11.9 Å². The normalized spacial score (nSPS) is 12.7. The number of ether oxygens (including phenoxy) is 1. The average Bonchev–Trinajstić information content (AvgIpc) is 2.80. The van der Waals surface area contributed by atoms with Gasteiger partial charge in [-0.3, -0.25) is 9.59 Å². The molecule has 1 amide bonds. The monoisotopic (exact) mass is 423 g/mol. The molecule has 0 bridgehead atoms. The third-order valence-corrected chi connectivity index (χ3v) is 5.63. The summed E-state index contributed by atoms with van der Waals surface area (Å²) in [7, 11) is 0. The minimum Gasteiger partial charge on any atom is -0.465 e. The van der Waals surface area contributed by atoms with Gasteiger partial charge in [0.25, 0.3) is 5.91 Å². The molecule has 0 spiro atoms. The summed E-state index contributed by atoms with van der Waals surface area (Å²) < 4.78 is 5.62. The number of hydrogen-bond donors (Lipinski definition) is 1. The fourth-order valence-electron chi connectivity index (χ4n) is 3.68. The molecule has 31 heavy (non-hydrogen) atoms. The third kappa shape index (κ3) is 9.37. The lowest BCUT2D eigenvalue weighted by molar-refractivity contribution is -0.149. The summed E-state index contributed by atoms with van der Waals surface area (Å²) in [6.07, 6.45) is 8.30. The number of amides is 1. The topological polar surface area (TPSA) is 55.4 Å². The highest BCUT2D eigenvalue weighted by atomic mass is 16.5. The van der Waals surface area contributed by atoms with Crippen LogP contribution in [0.2, 0.25) is 0 Å². The highest BCUT2D eigenvalue weighted by Gasteiger charge is 2.28. The molecule has 0 aliphatic rings. The lowest BCUT2D eigenvalue weighted by atomic mass is 9.93. The highest BCUT2D eigenvalue weighted by Crippen LogP contribution is 2.17. The molecule has 0 aliphatic heterocycles. The number of rotatable bonds is 14. The van der Waals surface area contributed by atoms with E-state index in [0.717, 1.165) is 19.3 Å². The first-order chi connectivity index (χ1) is 15.1. The first-order valence-corrected chi connectivity index (χ1v) is 11.7. The van der Waals surface area contributed by atoms with Gasteiger partial charge in [-0.15, -0.1) is 0 Å². The van der Waals surface area contributed by atoms with Gasteiger partial charge in [0.1, 0.15) is 0 Å². The first kappa shape index (κ1) is 24.6. The van der Waals surface area contributed by atoms with Crippen LogP contribution in [0.5, 0.6) is 0 Å². The number of aryl methyl sites for hydroxylation is 1. The predicted molar refractivity (Wildman–Crippen MR) is 126 cm³/mol. The van der Waals surface area contributed by atoms with E-state index in [-0.39, 0.29) is 23.8 Å². The molecule has 0 heterocycles. The maximum atomic E-state index is 12.9. The van der Waals surface area contributed by atoms with E-state index in [1.165, 1.54) is 31.2 Å². The Labute approximate surface area is 187 Å². The van der Waals surface area contributed by atoms with Crippen LogP contribution >= 0.6 is 0 Å². The van der Waals surface area contributed by atoms with Gasteiger partial charge in [0.15, 0.2) is 0 Å². The summed E-state index contributed by atoms with van der Waals surface area (Å²) in [6.45, 7) is 4.55. The molecule has 0 aliphatic carbocycles. The fourth-order valence-corrected chi connectivity index (χ4v) is 3.68. The van der Waals surface area contributed by atoms with Gasteiger partial charge in [0, 0.05) is 11.6 Å². The maximum absolute atomic E-state index is 12.9. The van der Waals surface area contributed by atoms with Crippen molar-refractivity contribution in [2.45, 2.75) is 71.3 Å². The lowest BCUT2D eigenvalue weighted by Gasteiger charge is -2.24. The van der Waals surface area contributed by atoms with Gasteiger partial charge in [0.2, 0.25) is 0 Å². The summed E-state index contributed by atoms with van der Waals surface area (Å²) >= 11 is 0. The zero-order valence-electron chi connectivity index (χ0n) is 19.0. The molecule has 0 fully saturated rings. The van der Waals surface area contributed by atoms with Crippen LogP contribution in [0.3, 0.4) is 0 Å². The van der Waals surface area contributed by atoms with Gasteiger partial charge < -0.3 is 10.1 Å². The first-order valence-electron chi connectivity index (χ1n) is 11.7. The van der Waals surface area contributed by atoms with Crippen molar-refractivity contribution in [2.75, 3.05) is 6.61 Å². The maximum Gasteiger partial charge on any atom is 0.311 e. The van der Waals surface area contributed by atoms with Gasteiger partial charge in [-0.25, -0.2) is 0 Å². The van der Waals surface area contributed by atoms with Crippen molar-refractivity contribution < 1.29 is 14.3 Å². The van der Waals surface area contributed by atoms with Gasteiger partial charge in [-0.2, -0.15) is 0 Å². The smallest absolute Gasteiger partial charge is 0.311 e. The second-order valence-electron chi connectivity index (χ2n) is 8.19. The second-order valence-corrected chi connectivity index (χ2v) is 8.19. The van der Waals surface area contributed by atoms with E-state index >= 15 is 0 Å². The van der Waals surface area contributed by atoms with Crippen molar-refractivity contribution in [1.82, 2.24) is 5.32 Å².